The Morgan fingerprint density at radius 2 is 1.83 bits per heavy atom. The molecule has 6 nitrogen and oxygen atoms in total. The lowest BCUT2D eigenvalue weighted by molar-refractivity contribution is -0.123. The summed E-state index contributed by atoms with van der Waals surface area (Å²) in [7, 11) is -3.02. The molecule has 18 heavy (non-hydrogen) atoms. The van der Waals surface area contributed by atoms with Gasteiger partial charge in [-0.1, -0.05) is 0 Å². The fourth-order valence-corrected chi connectivity index (χ4v) is 3.77. The van der Waals surface area contributed by atoms with Gasteiger partial charge in [-0.3, -0.25) is 9.69 Å². The van der Waals surface area contributed by atoms with Crippen LogP contribution in [0.2, 0.25) is 0 Å². The van der Waals surface area contributed by atoms with Crippen LogP contribution in [0.3, 0.4) is 0 Å². The van der Waals surface area contributed by atoms with Crippen LogP contribution in [-0.2, 0) is 14.8 Å². The van der Waals surface area contributed by atoms with E-state index in [2.05, 4.69) is 4.90 Å². The minimum atomic E-state index is -3.02. The van der Waals surface area contributed by atoms with Crippen LogP contribution in [0.4, 0.5) is 0 Å². The molecule has 1 amide bonds. The maximum absolute atomic E-state index is 11.6. The number of carbonyl (C=O) groups excluding carboxylic acids is 1. The van der Waals surface area contributed by atoms with Crippen molar-refractivity contribution < 1.29 is 13.2 Å². The topological polar surface area (TPSA) is 83.7 Å². The zero-order chi connectivity index (χ0) is 13.3. The van der Waals surface area contributed by atoms with E-state index in [1.807, 2.05) is 0 Å². The summed E-state index contributed by atoms with van der Waals surface area (Å²) in [6, 6.07) is 0.320. The van der Waals surface area contributed by atoms with E-state index in [0.29, 0.717) is 19.1 Å². The second-order valence-electron chi connectivity index (χ2n) is 5.08. The number of nitrogens with two attached hydrogens (primary N) is 1. The maximum atomic E-state index is 11.6. The van der Waals surface area contributed by atoms with E-state index >= 15 is 0 Å². The summed E-state index contributed by atoms with van der Waals surface area (Å²) >= 11 is 0. The quantitative estimate of drug-likeness (QED) is 0.729. The van der Waals surface area contributed by atoms with Gasteiger partial charge in [0.25, 0.3) is 0 Å². The van der Waals surface area contributed by atoms with Crippen LogP contribution in [0, 0.1) is 5.92 Å². The van der Waals surface area contributed by atoms with Gasteiger partial charge in [0, 0.05) is 25.0 Å². The lowest BCUT2D eigenvalue weighted by atomic mass is 9.94. The van der Waals surface area contributed by atoms with Gasteiger partial charge in [0.15, 0.2) is 0 Å². The zero-order valence-corrected chi connectivity index (χ0v) is 11.5. The molecule has 0 saturated carbocycles. The van der Waals surface area contributed by atoms with E-state index in [0.717, 1.165) is 25.9 Å². The molecule has 0 aromatic rings. The minimum Gasteiger partial charge on any atom is -0.369 e. The third kappa shape index (κ3) is 2.67. The average Bonchev–Trinajstić information content (AvgIpc) is 2.27. The number of hydrogen-bond donors (Lipinski definition) is 1. The Bertz CT molecular complexity index is 409. The van der Waals surface area contributed by atoms with Crippen LogP contribution in [0.5, 0.6) is 0 Å². The highest BCUT2D eigenvalue weighted by atomic mass is 32.2. The third-order valence-corrected chi connectivity index (χ3v) is 5.85. The molecule has 0 atom stereocenters. The highest BCUT2D eigenvalue weighted by Gasteiger charge is 2.39. The second-order valence-corrected chi connectivity index (χ2v) is 7.34. The number of rotatable bonds is 4. The zero-order valence-electron chi connectivity index (χ0n) is 10.7. The minimum absolute atomic E-state index is 0.00296. The predicted molar refractivity (Wildman–Crippen MR) is 68.3 cm³/mol. The van der Waals surface area contributed by atoms with Crippen molar-refractivity contribution in [1.82, 2.24) is 9.21 Å². The first kappa shape index (κ1) is 13.8. The largest absolute Gasteiger partial charge is 0.369 e. The van der Waals surface area contributed by atoms with Crippen LogP contribution in [0.25, 0.3) is 0 Å². The Hall–Kier alpha value is -0.660. The van der Waals surface area contributed by atoms with Crippen molar-refractivity contribution in [3.8, 4) is 0 Å². The SMILES string of the molecule is CCS(=O)(=O)N1CC(N2CCC(C(N)=O)CC2)C1. The number of piperidine rings is 1. The van der Waals surface area contributed by atoms with Crippen LogP contribution in [0.1, 0.15) is 19.8 Å². The van der Waals surface area contributed by atoms with Gasteiger partial charge in [0.1, 0.15) is 0 Å². The molecule has 104 valence electrons. The van der Waals surface area contributed by atoms with Gasteiger partial charge in [-0.25, -0.2) is 8.42 Å². The van der Waals surface area contributed by atoms with E-state index in [1.165, 1.54) is 4.31 Å². The first-order valence-electron chi connectivity index (χ1n) is 6.45. The number of amides is 1. The molecule has 2 aliphatic rings. The van der Waals surface area contributed by atoms with E-state index in [9.17, 15) is 13.2 Å². The van der Waals surface area contributed by atoms with Gasteiger partial charge < -0.3 is 5.73 Å². The molecule has 0 bridgehead atoms. The second kappa shape index (κ2) is 5.14. The Morgan fingerprint density at radius 3 is 2.28 bits per heavy atom. The molecule has 2 rings (SSSR count). The fourth-order valence-electron chi connectivity index (χ4n) is 2.61. The molecular formula is C11H21N3O3S. The number of nitrogens with zero attached hydrogens (tertiary/aromatic N) is 2. The molecule has 2 aliphatic heterocycles. The van der Waals surface area contributed by atoms with Gasteiger partial charge in [-0.2, -0.15) is 4.31 Å². The number of likely N-dealkylation sites (tertiary alicyclic amines) is 1. The molecule has 2 saturated heterocycles. The summed E-state index contributed by atoms with van der Waals surface area (Å²) in [5.41, 5.74) is 5.29. The first-order chi connectivity index (χ1) is 8.44. The smallest absolute Gasteiger partial charge is 0.220 e. The summed E-state index contributed by atoms with van der Waals surface area (Å²) in [5.74, 6) is -0.0426. The van der Waals surface area contributed by atoms with Crippen molar-refractivity contribution in [2.75, 3.05) is 31.9 Å². The normalized spacial score (nSPS) is 24.9. The van der Waals surface area contributed by atoms with E-state index in [4.69, 9.17) is 5.73 Å². The van der Waals surface area contributed by atoms with Crippen molar-refractivity contribution in [2.45, 2.75) is 25.8 Å². The molecule has 0 aliphatic carbocycles. The Kier molecular flexibility index (Phi) is 3.93. The summed E-state index contributed by atoms with van der Waals surface area (Å²) in [6.07, 6.45) is 1.60. The summed E-state index contributed by atoms with van der Waals surface area (Å²) < 4.78 is 24.7. The Balaban J connectivity index is 1.79. The van der Waals surface area contributed by atoms with Crippen molar-refractivity contribution in [3.63, 3.8) is 0 Å². The number of carbonyl (C=O) groups is 1. The number of sulfonamides is 1. The van der Waals surface area contributed by atoms with E-state index in [1.54, 1.807) is 6.92 Å². The van der Waals surface area contributed by atoms with Crippen LogP contribution < -0.4 is 5.73 Å². The van der Waals surface area contributed by atoms with Gasteiger partial charge in [-0.05, 0) is 32.9 Å². The predicted octanol–water partition coefficient (Wildman–Crippen LogP) is -0.782. The summed E-state index contributed by atoms with van der Waals surface area (Å²) in [4.78, 5) is 13.3. The highest BCUT2D eigenvalue weighted by Crippen LogP contribution is 2.24. The molecule has 0 radical (unpaired) electrons. The van der Waals surface area contributed by atoms with Gasteiger partial charge in [0.05, 0.1) is 5.75 Å². The van der Waals surface area contributed by atoms with Gasteiger partial charge in [0.2, 0.25) is 15.9 Å². The molecular weight excluding hydrogens is 254 g/mol. The summed E-state index contributed by atoms with van der Waals surface area (Å²) in [5, 5.41) is 0. The molecule has 2 heterocycles. The van der Waals surface area contributed by atoms with Crippen molar-refractivity contribution in [3.05, 3.63) is 0 Å². The maximum Gasteiger partial charge on any atom is 0.220 e. The summed E-state index contributed by atoms with van der Waals surface area (Å²) in [6.45, 7) is 4.55. The Morgan fingerprint density at radius 1 is 1.28 bits per heavy atom. The lowest BCUT2D eigenvalue weighted by Gasteiger charge is -2.46. The van der Waals surface area contributed by atoms with E-state index < -0.39 is 10.0 Å². The molecule has 0 aromatic heterocycles. The number of hydrogen-bond acceptors (Lipinski definition) is 4. The first-order valence-corrected chi connectivity index (χ1v) is 8.06. The monoisotopic (exact) mass is 275 g/mol. The van der Waals surface area contributed by atoms with Crippen LogP contribution >= 0.6 is 0 Å². The highest BCUT2D eigenvalue weighted by molar-refractivity contribution is 7.89. The van der Waals surface area contributed by atoms with Gasteiger partial charge in [-0.15, -0.1) is 0 Å². The van der Waals surface area contributed by atoms with Crippen molar-refractivity contribution >= 4 is 15.9 Å². The molecule has 7 heteroatoms. The van der Waals surface area contributed by atoms with Crippen molar-refractivity contribution in [1.29, 1.82) is 0 Å². The molecule has 0 spiro atoms. The molecule has 2 fully saturated rings. The molecule has 2 N–H and O–H groups in total. The van der Waals surface area contributed by atoms with Crippen LogP contribution in [-0.4, -0.2) is 61.5 Å². The number of primary amides is 1. The fraction of sp³-hybridized carbons (Fsp3) is 0.909. The standard InChI is InChI=1S/C11H21N3O3S/c1-2-18(16,17)14-7-10(8-14)13-5-3-9(4-6-13)11(12)15/h9-10H,2-8H2,1H3,(H2,12,15). The molecule has 0 aromatic carbocycles. The van der Waals surface area contributed by atoms with Crippen molar-refractivity contribution in [2.24, 2.45) is 11.7 Å². The average molecular weight is 275 g/mol. The Labute approximate surface area is 108 Å². The van der Waals surface area contributed by atoms with Gasteiger partial charge >= 0.3 is 0 Å². The lowest BCUT2D eigenvalue weighted by Crippen LogP contribution is -2.62. The van der Waals surface area contributed by atoms with E-state index in [-0.39, 0.29) is 17.6 Å². The van der Waals surface area contributed by atoms with Crippen LogP contribution in [0.15, 0.2) is 0 Å². The third-order valence-electron chi connectivity index (χ3n) is 4.04. The molecule has 0 unspecified atom stereocenters.